The Balaban J connectivity index is 2.29. The van der Waals surface area contributed by atoms with Crippen LogP contribution in [-0.4, -0.2) is 8.42 Å². The van der Waals surface area contributed by atoms with Gasteiger partial charge in [-0.15, -0.1) is 0 Å². The van der Waals surface area contributed by atoms with Crippen LogP contribution in [0.1, 0.15) is 5.76 Å². The Kier molecular flexibility index (Phi) is 3.54. The van der Waals surface area contributed by atoms with Crippen LogP contribution in [-0.2, 0) is 16.6 Å². The number of hydrogen-bond donors (Lipinski definition) is 2. The summed E-state index contributed by atoms with van der Waals surface area (Å²) >= 11 is 0. The Bertz CT molecular complexity index is 661. The molecule has 0 fully saturated rings. The molecule has 19 heavy (non-hydrogen) atoms. The maximum atomic E-state index is 13.5. The van der Waals surface area contributed by atoms with E-state index in [-0.39, 0.29) is 12.2 Å². The highest BCUT2D eigenvalue weighted by atomic mass is 32.2. The molecule has 0 spiro atoms. The van der Waals surface area contributed by atoms with Crippen LogP contribution in [0.25, 0.3) is 0 Å². The van der Waals surface area contributed by atoms with E-state index in [9.17, 15) is 17.2 Å². The summed E-state index contributed by atoms with van der Waals surface area (Å²) < 4.78 is 57.6. The Morgan fingerprint density at radius 3 is 2.42 bits per heavy atom. The van der Waals surface area contributed by atoms with Crippen LogP contribution in [0.2, 0.25) is 0 Å². The predicted molar refractivity (Wildman–Crippen MR) is 63.5 cm³/mol. The SMILES string of the molecule is Nc1cc(F)c(S(=O)(=O)NCc2ccco2)c(F)c1. The number of nitrogen functional groups attached to an aromatic ring is 1. The van der Waals surface area contributed by atoms with Crippen molar-refractivity contribution in [1.29, 1.82) is 0 Å². The average molecular weight is 288 g/mol. The lowest BCUT2D eigenvalue weighted by Crippen LogP contribution is -2.25. The molecule has 1 aromatic carbocycles. The molecule has 0 atom stereocenters. The molecule has 5 nitrogen and oxygen atoms in total. The normalized spacial score (nSPS) is 11.7. The summed E-state index contributed by atoms with van der Waals surface area (Å²) in [6.07, 6.45) is 1.36. The second-order valence-electron chi connectivity index (χ2n) is 3.72. The van der Waals surface area contributed by atoms with Crippen LogP contribution in [0.3, 0.4) is 0 Å². The van der Waals surface area contributed by atoms with Crippen LogP contribution in [0, 0.1) is 11.6 Å². The molecule has 0 aliphatic carbocycles. The predicted octanol–water partition coefficient (Wildman–Crippen LogP) is 1.62. The fourth-order valence-corrected chi connectivity index (χ4v) is 2.60. The van der Waals surface area contributed by atoms with Crippen LogP contribution >= 0.6 is 0 Å². The summed E-state index contributed by atoms with van der Waals surface area (Å²) in [5, 5.41) is 0. The molecule has 0 unspecified atom stereocenters. The molecule has 0 saturated heterocycles. The zero-order valence-corrected chi connectivity index (χ0v) is 10.4. The minimum atomic E-state index is -4.33. The molecule has 2 aromatic rings. The van der Waals surface area contributed by atoms with E-state index in [1.54, 1.807) is 6.07 Å². The molecule has 0 radical (unpaired) electrons. The minimum absolute atomic E-state index is 0.194. The number of nitrogens with two attached hydrogens (primary N) is 1. The third-order valence-electron chi connectivity index (χ3n) is 2.31. The highest BCUT2D eigenvalue weighted by Gasteiger charge is 2.24. The summed E-state index contributed by atoms with van der Waals surface area (Å²) in [4.78, 5) is -1.06. The molecule has 0 amide bonds. The number of nitrogens with one attached hydrogen (secondary N) is 1. The van der Waals surface area contributed by atoms with Gasteiger partial charge < -0.3 is 10.2 Å². The van der Waals surface area contributed by atoms with Crippen molar-refractivity contribution in [3.63, 3.8) is 0 Å². The molecule has 8 heteroatoms. The molecule has 0 saturated carbocycles. The first-order valence-electron chi connectivity index (χ1n) is 5.17. The molecule has 0 aliphatic rings. The van der Waals surface area contributed by atoms with Gasteiger partial charge in [0.05, 0.1) is 12.8 Å². The van der Waals surface area contributed by atoms with E-state index in [2.05, 4.69) is 0 Å². The summed E-state index contributed by atoms with van der Waals surface area (Å²) in [5.74, 6) is -2.17. The zero-order chi connectivity index (χ0) is 14.0. The largest absolute Gasteiger partial charge is 0.468 e. The van der Waals surface area contributed by atoms with E-state index in [1.807, 2.05) is 4.72 Å². The van der Waals surface area contributed by atoms with Crippen molar-refractivity contribution < 1.29 is 21.6 Å². The molecule has 2 rings (SSSR count). The van der Waals surface area contributed by atoms with Crippen molar-refractivity contribution in [3.05, 3.63) is 47.9 Å². The molecular formula is C11H10F2N2O3S. The number of hydrogen-bond acceptors (Lipinski definition) is 4. The van der Waals surface area contributed by atoms with Crippen LogP contribution in [0.15, 0.2) is 39.8 Å². The maximum absolute atomic E-state index is 13.5. The molecular weight excluding hydrogens is 278 g/mol. The number of furan rings is 1. The molecule has 0 bridgehead atoms. The van der Waals surface area contributed by atoms with Gasteiger partial charge in [0.15, 0.2) is 4.90 Å². The van der Waals surface area contributed by atoms with Gasteiger partial charge in [-0.2, -0.15) is 0 Å². The molecule has 0 aliphatic heterocycles. The number of sulfonamides is 1. The monoisotopic (exact) mass is 288 g/mol. The Labute approximate surface area is 108 Å². The third kappa shape index (κ3) is 2.91. The highest BCUT2D eigenvalue weighted by Crippen LogP contribution is 2.21. The number of anilines is 1. The van der Waals surface area contributed by atoms with Crippen molar-refractivity contribution in [1.82, 2.24) is 4.72 Å². The molecule has 1 heterocycles. The Morgan fingerprint density at radius 1 is 1.26 bits per heavy atom. The lowest BCUT2D eigenvalue weighted by atomic mass is 10.3. The van der Waals surface area contributed by atoms with Gasteiger partial charge >= 0.3 is 0 Å². The van der Waals surface area contributed by atoms with Gasteiger partial charge in [-0.05, 0) is 24.3 Å². The smallest absolute Gasteiger partial charge is 0.246 e. The second-order valence-corrected chi connectivity index (χ2v) is 5.42. The first-order chi connectivity index (χ1) is 8.90. The maximum Gasteiger partial charge on any atom is 0.246 e. The summed E-state index contributed by atoms with van der Waals surface area (Å²) in [7, 11) is -4.33. The van der Waals surface area contributed by atoms with Crippen LogP contribution in [0.5, 0.6) is 0 Å². The van der Waals surface area contributed by atoms with Gasteiger partial charge in [0.2, 0.25) is 10.0 Å². The standard InChI is InChI=1S/C11H10F2N2O3S/c12-9-4-7(14)5-10(13)11(9)19(16,17)15-6-8-2-1-3-18-8/h1-5,15H,6,14H2. The second kappa shape index (κ2) is 4.98. The Hall–Kier alpha value is -1.93. The third-order valence-corrected chi connectivity index (χ3v) is 3.76. The lowest BCUT2D eigenvalue weighted by Gasteiger charge is -2.08. The topological polar surface area (TPSA) is 85.3 Å². The minimum Gasteiger partial charge on any atom is -0.468 e. The van der Waals surface area contributed by atoms with E-state index in [4.69, 9.17) is 10.2 Å². The quantitative estimate of drug-likeness (QED) is 0.837. The van der Waals surface area contributed by atoms with Gasteiger partial charge in [0.25, 0.3) is 0 Å². The highest BCUT2D eigenvalue weighted by molar-refractivity contribution is 7.89. The molecule has 1 aromatic heterocycles. The van der Waals surface area contributed by atoms with Crippen molar-refractivity contribution in [2.24, 2.45) is 0 Å². The Morgan fingerprint density at radius 2 is 1.89 bits per heavy atom. The van der Waals surface area contributed by atoms with Crippen LogP contribution < -0.4 is 10.5 Å². The average Bonchev–Trinajstić information content (AvgIpc) is 2.77. The van der Waals surface area contributed by atoms with Crippen molar-refractivity contribution in [3.8, 4) is 0 Å². The van der Waals surface area contributed by atoms with Gasteiger partial charge in [-0.1, -0.05) is 0 Å². The van der Waals surface area contributed by atoms with E-state index in [0.29, 0.717) is 5.76 Å². The number of rotatable bonds is 4. The number of halogens is 2. The van der Waals surface area contributed by atoms with Crippen molar-refractivity contribution in [2.45, 2.75) is 11.4 Å². The summed E-state index contributed by atoms with van der Waals surface area (Å²) in [6, 6.07) is 4.57. The molecule has 3 N–H and O–H groups in total. The van der Waals surface area contributed by atoms with E-state index in [0.717, 1.165) is 12.1 Å². The van der Waals surface area contributed by atoms with Gasteiger partial charge in [0.1, 0.15) is 17.4 Å². The van der Waals surface area contributed by atoms with E-state index < -0.39 is 26.6 Å². The van der Waals surface area contributed by atoms with Gasteiger partial charge in [-0.3, -0.25) is 0 Å². The first-order valence-corrected chi connectivity index (χ1v) is 6.65. The van der Waals surface area contributed by atoms with Crippen LogP contribution in [0.4, 0.5) is 14.5 Å². The van der Waals surface area contributed by atoms with Crippen molar-refractivity contribution >= 4 is 15.7 Å². The van der Waals surface area contributed by atoms with Gasteiger partial charge in [0, 0.05) is 5.69 Å². The fraction of sp³-hybridized carbons (Fsp3) is 0.0909. The number of benzene rings is 1. The van der Waals surface area contributed by atoms with E-state index >= 15 is 0 Å². The lowest BCUT2D eigenvalue weighted by molar-refractivity contribution is 0.490. The summed E-state index contributed by atoms with van der Waals surface area (Å²) in [6.45, 7) is -0.210. The first kappa shape index (κ1) is 13.5. The van der Waals surface area contributed by atoms with Crippen molar-refractivity contribution in [2.75, 3.05) is 5.73 Å². The van der Waals surface area contributed by atoms with Gasteiger partial charge in [-0.25, -0.2) is 21.9 Å². The zero-order valence-electron chi connectivity index (χ0n) is 9.56. The van der Waals surface area contributed by atoms with E-state index in [1.165, 1.54) is 12.3 Å². The fourth-order valence-electron chi connectivity index (χ4n) is 1.49. The summed E-state index contributed by atoms with van der Waals surface area (Å²) in [5.41, 5.74) is 5.02. The molecule has 102 valence electrons.